The van der Waals surface area contributed by atoms with Crippen LogP contribution in [0.5, 0.6) is 0 Å². The Labute approximate surface area is 123 Å². The lowest BCUT2D eigenvalue weighted by Gasteiger charge is -1.96. The quantitative estimate of drug-likeness (QED) is 0.617. The summed E-state index contributed by atoms with van der Waals surface area (Å²) in [5, 5.41) is 2.06. The van der Waals surface area contributed by atoms with Gasteiger partial charge in [-0.05, 0) is 23.6 Å². The Bertz CT molecular complexity index is 669. The first-order valence-corrected chi connectivity index (χ1v) is 8.25. The number of carbonyl (C=O) groups is 1. The molecule has 2 aromatic heterocycles. The van der Waals surface area contributed by atoms with Gasteiger partial charge in [-0.15, -0.1) is 22.7 Å². The molecule has 3 aromatic rings. The Hall–Kier alpha value is -1.36. The van der Waals surface area contributed by atoms with E-state index in [-0.39, 0.29) is 5.78 Å². The van der Waals surface area contributed by atoms with Crippen LogP contribution in [0, 0.1) is 0 Å². The van der Waals surface area contributed by atoms with Gasteiger partial charge in [-0.25, -0.2) is 0 Å². The molecule has 1 nitrogen and oxygen atoms in total. The molecule has 0 aliphatic rings. The van der Waals surface area contributed by atoms with Crippen molar-refractivity contribution in [2.45, 2.75) is 8.42 Å². The highest BCUT2D eigenvalue weighted by molar-refractivity contribution is 8.02. The van der Waals surface area contributed by atoms with E-state index >= 15 is 0 Å². The third-order valence-electron chi connectivity index (χ3n) is 2.54. The molecule has 0 N–H and O–H groups in total. The molecule has 0 aliphatic carbocycles. The van der Waals surface area contributed by atoms with E-state index in [1.165, 1.54) is 4.21 Å². The number of hydrogen-bond donors (Lipinski definition) is 0. The van der Waals surface area contributed by atoms with E-state index in [1.807, 2.05) is 48.5 Å². The van der Waals surface area contributed by atoms with Crippen molar-refractivity contribution in [3.63, 3.8) is 0 Å². The molecule has 0 bridgehead atoms. The van der Waals surface area contributed by atoms with Crippen LogP contribution in [0.15, 0.2) is 68.4 Å². The Kier molecular flexibility index (Phi) is 3.82. The van der Waals surface area contributed by atoms with Gasteiger partial charge in [0, 0.05) is 5.56 Å². The van der Waals surface area contributed by atoms with Gasteiger partial charge in [0.25, 0.3) is 0 Å². The summed E-state index contributed by atoms with van der Waals surface area (Å²) in [4.78, 5) is 13.1. The fraction of sp³-hybridized carbons (Fsp3) is 0. The fourth-order valence-corrected chi connectivity index (χ4v) is 4.77. The largest absolute Gasteiger partial charge is 0.288 e. The van der Waals surface area contributed by atoms with Crippen molar-refractivity contribution >= 4 is 40.2 Å². The SMILES string of the molecule is O=C(c1ccccc1)c1ccc(Sc2cccs2)s1. The highest BCUT2D eigenvalue weighted by Crippen LogP contribution is 2.36. The lowest BCUT2D eigenvalue weighted by molar-refractivity contribution is 0.104. The topological polar surface area (TPSA) is 17.1 Å². The van der Waals surface area contributed by atoms with E-state index < -0.39 is 0 Å². The summed E-state index contributed by atoms with van der Waals surface area (Å²) < 4.78 is 2.40. The molecule has 0 amide bonds. The van der Waals surface area contributed by atoms with Crippen molar-refractivity contribution in [2.24, 2.45) is 0 Å². The minimum atomic E-state index is 0.101. The van der Waals surface area contributed by atoms with Crippen LogP contribution < -0.4 is 0 Å². The Balaban J connectivity index is 1.80. The molecule has 0 fully saturated rings. The number of ketones is 1. The van der Waals surface area contributed by atoms with Crippen molar-refractivity contribution < 1.29 is 4.79 Å². The molecule has 2 heterocycles. The molecule has 0 aliphatic heterocycles. The van der Waals surface area contributed by atoms with Crippen LogP contribution in [-0.4, -0.2) is 5.78 Å². The van der Waals surface area contributed by atoms with Crippen LogP contribution in [0.3, 0.4) is 0 Å². The van der Waals surface area contributed by atoms with Crippen molar-refractivity contribution in [3.8, 4) is 0 Å². The van der Waals surface area contributed by atoms with Crippen LogP contribution in [0.1, 0.15) is 15.2 Å². The van der Waals surface area contributed by atoms with Crippen LogP contribution in [0.25, 0.3) is 0 Å². The molecule has 0 saturated heterocycles. The van der Waals surface area contributed by atoms with Crippen LogP contribution in [0.4, 0.5) is 0 Å². The summed E-state index contributed by atoms with van der Waals surface area (Å²) in [7, 11) is 0. The summed E-state index contributed by atoms with van der Waals surface area (Å²) in [6.45, 7) is 0. The average Bonchev–Trinajstić information content (AvgIpc) is 3.11. The van der Waals surface area contributed by atoms with Gasteiger partial charge in [-0.2, -0.15) is 0 Å². The molecule has 1 aromatic carbocycles. The molecule has 0 unspecified atom stereocenters. The van der Waals surface area contributed by atoms with Crippen LogP contribution >= 0.6 is 34.4 Å². The van der Waals surface area contributed by atoms with Gasteiger partial charge in [-0.3, -0.25) is 4.79 Å². The maximum Gasteiger partial charge on any atom is 0.202 e. The Morgan fingerprint density at radius 1 is 0.895 bits per heavy atom. The van der Waals surface area contributed by atoms with Gasteiger partial charge < -0.3 is 0 Å². The first-order chi connectivity index (χ1) is 9.33. The molecule has 0 atom stereocenters. The molecule has 3 rings (SSSR count). The van der Waals surface area contributed by atoms with Crippen molar-refractivity contribution in [1.29, 1.82) is 0 Å². The van der Waals surface area contributed by atoms with Crippen LogP contribution in [0.2, 0.25) is 0 Å². The van der Waals surface area contributed by atoms with Gasteiger partial charge in [0.05, 0.1) is 13.3 Å². The molecule has 19 heavy (non-hydrogen) atoms. The standard InChI is InChI=1S/C15H10OS3/c16-15(11-5-2-1-3-6-11)12-8-9-14(18-12)19-13-7-4-10-17-13/h1-10H. The highest BCUT2D eigenvalue weighted by atomic mass is 32.2. The van der Waals surface area contributed by atoms with E-state index in [2.05, 4.69) is 11.4 Å². The number of rotatable bonds is 4. The third-order valence-corrected chi connectivity index (χ3v) is 5.79. The minimum Gasteiger partial charge on any atom is -0.288 e. The lowest BCUT2D eigenvalue weighted by atomic mass is 10.1. The normalized spacial score (nSPS) is 10.5. The van der Waals surface area contributed by atoms with Crippen molar-refractivity contribution in [2.75, 3.05) is 0 Å². The van der Waals surface area contributed by atoms with E-state index in [4.69, 9.17) is 0 Å². The van der Waals surface area contributed by atoms with Gasteiger partial charge >= 0.3 is 0 Å². The predicted octanol–water partition coefficient (Wildman–Crippen LogP) is 5.19. The van der Waals surface area contributed by atoms with E-state index in [1.54, 1.807) is 34.4 Å². The van der Waals surface area contributed by atoms with Gasteiger partial charge in [0.1, 0.15) is 0 Å². The lowest BCUT2D eigenvalue weighted by Crippen LogP contribution is -1.97. The summed E-state index contributed by atoms with van der Waals surface area (Å²) in [6.07, 6.45) is 0. The maximum atomic E-state index is 12.3. The molecule has 0 radical (unpaired) electrons. The second-order valence-electron chi connectivity index (χ2n) is 3.85. The molecular weight excluding hydrogens is 292 g/mol. The Morgan fingerprint density at radius 3 is 2.47 bits per heavy atom. The van der Waals surface area contributed by atoms with E-state index in [0.717, 1.165) is 14.6 Å². The Morgan fingerprint density at radius 2 is 1.74 bits per heavy atom. The molecular formula is C15H10OS3. The zero-order chi connectivity index (χ0) is 13.1. The summed E-state index contributed by atoms with van der Waals surface area (Å²) in [5.41, 5.74) is 0.747. The monoisotopic (exact) mass is 302 g/mol. The van der Waals surface area contributed by atoms with Gasteiger partial charge in [-0.1, -0.05) is 48.2 Å². The first kappa shape index (κ1) is 12.7. The first-order valence-electron chi connectivity index (χ1n) is 5.74. The van der Waals surface area contributed by atoms with Crippen LogP contribution in [-0.2, 0) is 0 Å². The highest BCUT2D eigenvalue weighted by Gasteiger charge is 2.12. The number of carbonyl (C=O) groups excluding carboxylic acids is 1. The predicted molar refractivity (Wildman–Crippen MR) is 82.6 cm³/mol. The second kappa shape index (κ2) is 5.74. The summed E-state index contributed by atoms with van der Waals surface area (Å²) in [6, 6.07) is 17.5. The fourth-order valence-electron chi connectivity index (χ4n) is 1.65. The van der Waals surface area contributed by atoms with Crippen molar-refractivity contribution in [3.05, 3.63) is 70.4 Å². The smallest absolute Gasteiger partial charge is 0.202 e. The zero-order valence-corrected chi connectivity index (χ0v) is 12.4. The zero-order valence-electron chi connectivity index (χ0n) is 9.91. The minimum absolute atomic E-state index is 0.101. The second-order valence-corrected chi connectivity index (χ2v) is 7.48. The maximum absolute atomic E-state index is 12.3. The van der Waals surface area contributed by atoms with Crippen molar-refractivity contribution in [1.82, 2.24) is 0 Å². The number of hydrogen-bond acceptors (Lipinski definition) is 4. The number of benzene rings is 1. The molecule has 4 heteroatoms. The van der Waals surface area contributed by atoms with E-state index in [9.17, 15) is 4.79 Å². The average molecular weight is 302 g/mol. The summed E-state index contributed by atoms with van der Waals surface area (Å²) in [5.74, 6) is 0.101. The van der Waals surface area contributed by atoms with E-state index in [0.29, 0.717) is 0 Å². The third kappa shape index (κ3) is 2.97. The summed E-state index contributed by atoms with van der Waals surface area (Å²) >= 11 is 4.98. The molecule has 0 saturated carbocycles. The molecule has 0 spiro atoms. The number of thiophene rings is 2. The molecule has 94 valence electrons. The van der Waals surface area contributed by atoms with Gasteiger partial charge in [0.2, 0.25) is 5.78 Å². The van der Waals surface area contributed by atoms with Gasteiger partial charge in [0.15, 0.2) is 0 Å².